The summed E-state index contributed by atoms with van der Waals surface area (Å²) in [5, 5.41) is 14.8. The van der Waals surface area contributed by atoms with Gasteiger partial charge in [0.1, 0.15) is 22.6 Å². The fraction of sp³-hybridized carbons (Fsp3) is 0.476. The maximum Gasteiger partial charge on any atom is 0.332 e. The quantitative estimate of drug-likeness (QED) is 0.660. The Labute approximate surface area is 182 Å². The predicted molar refractivity (Wildman–Crippen MR) is 121 cm³/mol. The smallest absolute Gasteiger partial charge is 0.332 e. The largest absolute Gasteiger partial charge is 0.497 e. The van der Waals surface area contributed by atoms with E-state index < -0.39 is 33.8 Å². The van der Waals surface area contributed by atoms with Crippen LogP contribution in [0.3, 0.4) is 0 Å². The van der Waals surface area contributed by atoms with Gasteiger partial charge in [0.25, 0.3) is 5.91 Å². The van der Waals surface area contributed by atoms with Crippen LogP contribution in [0.5, 0.6) is 5.75 Å². The van der Waals surface area contributed by atoms with Gasteiger partial charge in [-0.25, -0.2) is 9.78 Å². The molecule has 0 aliphatic heterocycles. The minimum atomic E-state index is -1.52. The highest BCUT2D eigenvalue weighted by Gasteiger charge is 2.65. The molecule has 2 aromatic rings. The lowest BCUT2D eigenvalue weighted by molar-refractivity contribution is -0.141. The molecule has 1 aliphatic carbocycles. The van der Waals surface area contributed by atoms with E-state index in [9.17, 15) is 14.7 Å². The average molecular weight is 453 g/mol. The van der Waals surface area contributed by atoms with Gasteiger partial charge in [-0.1, -0.05) is 20.8 Å². The fourth-order valence-corrected chi connectivity index (χ4v) is 4.61. The summed E-state index contributed by atoms with van der Waals surface area (Å²) >= 11 is 1.33. The molecular formula is C21H28N2O5S2. The van der Waals surface area contributed by atoms with Crippen LogP contribution in [0.1, 0.15) is 37.7 Å². The Bertz CT molecular complexity index is 949. The molecular weight excluding hydrogens is 424 g/mol. The monoisotopic (exact) mass is 452 g/mol. The lowest BCUT2D eigenvalue weighted by atomic mass is 10.2. The van der Waals surface area contributed by atoms with Gasteiger partial charge in [0, 0.05) is 22.1 Å². The van der Waals surface area contributed by atoms with Gasteiger partial charge in [0.05, 0.1) is 7.11 Å². The zero-order valence-corrected chi connectivity index (χ0v) is 19.6. The maximum absolute atomic E-state index is 12.8. The van der Waals surface area contributed by atoms with E-state index >= 15 is 0 Å². The third-order valence-corrected chi connectivity index (χ3v) is 10.1. The lowest BCUT2D eigenvalue weighted by Crippen LogP contribution is -2.47. The summed E-state index contributed by atoms with van der Waals surface area (Å²) < 4.78 is 11.2. The van der Waals surface area contributed by atoms with Crippen molar-refractivity contribution in [2.24, 2.45) is 0 Å². The standard InChI is InChI=1S/C21H28N2O5S2/c1-20(2,3)30(5,6)28-16-11-21(16,19(25)26)23-17(24)15-12-29-18(22-15)13-7-9-14(27-4)10-8-13/h7-10,12,16H,11H2,1-6H3,(H,23,24)(H,25,26). The van der Waals surface area contributed by atoms with Crippen LogP contribution in [-0.4, -0.2) is 58.0 Å². The molecule has 1 fully saturated rings. The number of benzene rings is 1. The minimum Gasteiger partial charge on any atom is -0.497 e. The second kappa shape index (κ2) is 7.86. The van der Waals surface area contributed by atoms with Crippen LogP contribution >= 0.6 is 21.6 Å². The number of nitrogens with one attached hydrogen (secondary N) is 1. The van der Waals surface area contributed by atoms with Gasteiger partial charge >= 0.3 is 5.97 Å². The Kier molecular flexibility index (Phi) is 5.92. The Morgan fingerprint density at radius 3 is 2.43 bits per heavy atom. The van der Waals surface area contributed by atoms with Crippen LogP contribution in [-0.2, 0) is 8.98 Å². The summed E-state index contributed by atoms with van der Waals surface area (Å²) in [4.78, 5) is 29.1. The number of carbonyl (C=O) groups excluding carboxylic acids is 1. The molecule has 0 bridgehead atoms. The molecule has 2 N–H and O–H groups in total. The highest BCUT2D eigenvalue weighted by molar-refractivity contribution is 8.29. The summed E-state index contributed by atoms with van der Waals surface area (Å²) in [5.41, 5.74) is -0.355. The summed E-state index contributed by atoms with van der Waals surface area (Å²) in [6.07, 6.45) is 3.72. The number of methoxy groups -OCH3 is 1. The van der Waals surface area contributed by atoms with E-state index in [1.54, 1.807) is 12.5 Å². The second-order valence-corrected chi connectivity index (χ2v) is 13.4. The molecule has 1 amide bonds. The number of amides is 1. The molecule has 1 aromatic heterocycles. The van der Waals surface area contributed by atoms with Crippen molar-refractivity contribution in [3.63, 3.8) is 0 Å². The number of ether oxygens (including phenoxy) is 1. The summed E-state index contributed by atoms with van der Waals surface area (Å²) in [7, 11) is 0.0797. The Hall–Kier alpha value is -2.10. The van der Waals surface area contributed by atoms with Crippen molar-refractivity contribution in [2.75, 3.05) is 19.6 Å². The van der Waals surface area contributed by atoms with Crippen molar-refractivity contribution < 1.29 is 23.6 Å². The highest BCUT2D eigenvalue weighted by atomic mass is 32.3. The minimum absolute atomic E-state index is 0.105. The number of carbonyl (C=O) groups is 2. The first-order valence-electron chi connectivity index (χ1n) is 9.46. The summed E-state index contributed by atoms with van der Waals surface area (Å²) in [6.45, 7) is 6.21. The van der Waals surface area contributed by atoms with Crippen molar-refractivity contribution in [2.45, 2.75) is 43.6 Å². The molecule has 2 unspecified atom stereocenters. The van der Waals surface area contributed by atoms with Gasteiger partial charge in [0.15, 0.2) is 5.54 Å². The number of aromatic nitrogens is 1. The normalized spacial score (nSPS) is 21.7. The lowest BCUT2D eigenvalue weighted by Gasteiger charge is -2.44. The van der Waals surface area contributed by atoms with Crippen LogP contribution in [0.25, 0.3) is 10.6 Å². The molecule has 2 atom stereocenters. The van der Waals surface area contributed by atoms with E-state index in [2.05, 4.69) is 31.1 Å². The Morgan fingerprint density at radius 1 is 1.27 bits per heavy atom. The molecule has 1 aromatic carbocycles. The van der Waals surface area contributed by atoms with Gasteiger partial charge in [0.2, 0.25) is 0 Å². The summed E-state index contributed by atoms with van der Waals surface area (Å²) in [6, 6.07) is 7.36. The van der Waals surface area contributed by atoms with E-state index in [0.717, 1.165) is 11.3 Å². The number of hydrogen-bond acceptors (Lipinski definition) is 6. The molecule has 0 saturated heterocycles. The van der Waals surface area contributed by atoms with Crippen molar-refractivity contribution in [1.29, 1.82) is 0 Å². The van der Waals surface area contributed by atoms with Crippen LogP contribution in [0, 0.1) is 0 Å². The zero-order chi connectivity index (χ0) is 22.3. The number of thiazole rings is 1. The molecule has 164 valence electrons. The van der Waals surface area contributed by atoms with Crippen molar-refractivity contribution in [3.8, 4) is 16.3 Å². The van der Waals surface area contributed by atoms with Gasteiger partial charge in [-0.3, -0.25) is 4.79 Å². The fourth-order valence-electron chi connectivity index (χ4n) is 2.71. The van der Waals surface area contributed by atoms with Crippen LogP contribution < -0.4 is 10.1 Å². The molecule has 3 rings (SSSR count). The van der Waals surface area contributed by atoms with Gasteiger partial charge in [-0.2, -0.15) is 0 Å². The molecule has 30 heavy (non-hydrogen) atoms. The van der Waals surface area contributed by atoms with Crippen molar-refractivity contribution >= 4 is 33.5 Å². The van der Waals surface area contributed by atoms with Crippen LogP contribution in [0.4, 0.5) is 0 Å². The molecule has 7 nitrogen and oxygen atoms in total. The number of nitrogens with zero attached hydrogens (tertiary/aromatic N) is 1. The van der Waals surface area contributed by atoms with Gasteiger partial charge < -0.3 is 19.3 Å². The summed E-state index contributed by atoms with van der Waals surface area (Å²) in [5.74, 6) is -0.865. The van der Waals surface area contributed by atoms with Crippen molar-refractivity contribution in [1.82, 2.24) is 10.3 Å². The zero-order valence-electron chi connectivity index (χ0n) is 18.0. The topological polar surface area (TPSA) is 97.8 Å². The third kappa shape index (κ3) is 4.33. The molecule has 1 heterocycles. The van der Waals surface area contributed by atoms with Crippen LogP contribution in [0.15, 0.2) is 29.6 Å². The second-order valence-electron chi connectivity index (χ2n) is 8.63. The number of carboxylic acid groups (broad SMARTS) is 1. The Morgan fingerprint density at radius 2 is 1.90 bits per heavy atom. The van der Waals surface area contributed by atoms with E-state index in [4.69, 9.17) is 8.92 Å². The predicted octanol–water partition coefficient (Wildman–Crippen LogP) is 3.94. The number of carboxylic acids is 1. The first kappa shape index (κ1) is 22.6. The maximum atomic E-state index is 12.8. The Balaban J connectivity index is 1.73. The van der Waals surface area contributed by atoms with Gasteiger partial charge in [-0.15, -0.1) is 21.6 Å². The molecule has 9 heteroatoms. The first-order chi connectivity index (χ1) is 13.9. The molecule has 0 radical (unpaired) electrons. The number of rotatable bonds is 7. The molecule has 1 aliphatic rings. The van der Waals surface area contributed by atoms with E-state index in [1.165, 1.54) is 11.3 Å². The number of aliphatic carboxylic acids is 1. The SMILES string of the molecule is COc1ccc(-c2nc(C(=O)NC3(C(=O)O)CC3OS(C)(C)C(C)(C)C)cs2)cc1. The third-order valence-electron chi connectivity index (χ3n) is 5.52. The van der Waals surface area contributed by atoms with E-state index in [0.29, 0.717) is 5.01 Å². The molecule has 0 spiro atoms. The average Bonchev–Trinajstić information content (AvgIpc) is 3.12. The van der Waals surface area contributed by atoms with Crippen molar-refractivity contribution in [3.05, 3.63) is 35.3 Å². The number of hydrogen-bond donors (Lipinski definition) is 2. The highest BCUT2D eigenvalue weighted by Crippen LogP contribution is 2.59. The van der Waals surface area contributed by atoms with Crippen LogP contribution in [0.2, 0.25) is 0 Å². The van der Waals surface area contributed by atoms with Gasteiger partial charge in [-0.05, 0) is 36.8 Å². The first-order valence-corrected chi connectivity index (χ1v) is 12.7. The molecule has 1 saturated carbocycles. The van der Waals surface area contributed by atoms with E-state index in [1.807, 2.05) is 36.8 Å². The van der Waals surface area contributed by atoms with E-state index in [-0.39, 0.29) is 16.9 Å².